The third kappa shape index (κ3) is 5.20. The Morgan fingerprint density at radius 2 is 1.86 bits per heavy atom. The number of esters is 1. The standard InChI is InChI=1S/C29H35BrN2O3S/c1-3-34-29(33)27-25(18-36-21-14-10-7-11-15-21)32(20-12-8-5-4-6-9-13-20)24-16-23(30)28-22(26(24)27)17-31(2)19-35-28/h7,10-11,14-16,20H,3-6,8-9,12-13,17-19H2,1-2H3. The minimum atomic E-state index is -0.228. The van der Waals surface area contributed by atoms with E-state index in [1.807, 2.05) is 13.0 Å². The Kier molecular flexibility index (Phi) is 8.28. The average Bonchev–Trinajstić information content (AvgIpc) is 3.17. The van der Waals surface area contributed by atoms with Gasteiger partial charge in [-0.25, -0.2) is 4.79 Å². The molecule has 2 aromatic carbocycles. The monoisotopic (exact) mass is 570 g/mol. The first-order valence-corrected chi connectivity index (χ1v) is 14.9. The summed E-state index contributed by atoms with van der Waals surface area (Å²) in [4.78, 5) is 17.0. The van der Waals surface area contributed by atoms with Crippen LogP contribution in [0.4, 0.5) is 0 Å². The Bertz CT molecular complexity index is 1220. The number of aromatic nitrogens is 1. The Hall–Kier alpha value is -1.96. The first kappa shape index (κ1) is 25.7. The summed E-state index contributed by atoms with van der Waals surface area (Å²) in [7, 11) is 2.05. The molecule has 5 rings (SSSR count). The second-order valence-electron chi connectivity index (χ2n) is 9.86. The van der Waals surface area contributed by atoms with E-state index in [-0.39, 0.29) is 5.97 Å². The van der Waals surface area contributed by atoms with Crippen LogP contribution in [0.25, 0.3) is 10.9 Å². The molecule has 7 heteroatoms. The largest absolute Gasteiger partial charge is 0.477 e. The number of carbonyl (C=O) groups is 1. The molecule has 0 N–H and O–H groups in total. The van der Waals surface area contributed by atoms with Crippen molar-refractivity contribution < 1.29 is 14.3 Å². The Labute approximate surface area is 226 Å². The molecule has 192 valence electrons. The summed E-state index contributed by atoms with van der Waals surface area (Å²) in [5, 5.41) is 1.00. The van der Waals surface area contributed by atoms with Gasteiger partial charge in [0.1, 0.15) is 12.5 Å². The van der Waals surface area contributed by atoms with E-state index in [1.54, 1.807) is 11.8 Å². The fraction of sp³-hybridized carbons (Fsp3) is 0.483. The molecule has 5 nitrogen and oxygen atoms in total. The summed E-state index contributed by atoms with van der Waals surface area (Å²) in [5.74, 6) is 1.34. The van der Waals surface area contributed by atoms with Crippen LogP contribution in [0.15, 0.2) is 45.8 Å². The van der Waals surface area contributed by atoms with Crippen LogP contribution in [0.2, 0.25) is 0 Å². The minimum Gasteiger partial charge on any atom is -0.477 e. The highest BCUT2D eigenvalue weighted by molar-refractivity contribution is 9.10. The fourth-order valence-corrected chi connectivity index (χ4v) is 7.20. The maximum Gasteiger partial charge on any atom is 0.340 e. The van der Waals surface area contributed by atoms with E-state index in [1.165, 1.54) is 37.0 Å². The number of fused-ring (bicyclic) bond motifs is 3. The second kappa shape index (κ2) is 11.6. The topological polar surface area (TPSA) is 43.7 Å². The second-order valence-corrected chi connectivity index (χ2v) is 11.8. The van der Waals surface area contributed by atoms with Gasteiger partial charge in [0.15, 0.2) is 0 Å². The Balaban J connectivity index is 1.74. The lowest BCUT2D eigenvalue weighted by Gasteiger charge is -2.28. The quantitative estimate of drug-likeness (QED) is 0.222. The molecule has 1 fully saturated rings. The summed E-state index contributed by atoms with van der Waals surface area (Å²) < 4.78 is 15.3. The SMILES string of the molecule is CCOC(=O)c1c(CSc2ccccc2)n(C2CCCCCCC2)c2cc(Br)c3c(c12)CN(C)CO3. The van der Waals surface area contributed by atoms with E-state index in [9.17, 15) is 4.79 Å². The van der Waals surface area contributed by atoms with Crippen molar-refractivity contribution in [1.82, 2.24) is 9.47 Å². The van der Waals surface area contributed by atoms with Crippen molar-refractivity contribution in [2.24, 2.45) is 0 Å². The predicted octanol–water partition coefficient (Wildman–Crippen LogP) is 7.94. The maximum atomic E-state index is 13.7. The van der Waals surface area contributed by atoms with Crippen molar-refractivity contribution in [3.63, 3.8) is 0 Å². The van der Waals surface area contributed by atoms with Crippen LogP contribution in [-0.4, -0.2) is 35.8 Å². The van der Waals surface area contributed by atoms with Crippen LogP contribution >= 0.6 is 27.7 Å². The van der Waals surface area contributed by atoms with Crippen molar-refractivity contribution in [3.05, 3.63) is 57.7 Å². The van der Waals surface area contributed by atoms with E-state index in [0.29, 0.717) is 25.1 Å². The lowest BCUT2D eigenvalue weighted by atomic mass is 9.96. The first-order chi connectivity index (χ1) is 17.6. The molecule has 0 spiro atoms. The maximum absolute atomic E-state index is 13.7. The normalized spacial score (nSPS) is 17.3. The smallest absolute Gasteiger partial charge is 0.340 e. The van der Waals surface area contributed by atoms with E-state index in [0.717, 1.165) is 57.3 Å². The number of hydrogen-bond donors (Lipinski definition) is 0. The van der Waals surface area contributed by atoms with Crippen LogP contribution < -0.4 is 4.74 Å². The zero-order valence-electron chi connectivity index (χ0n) is 21.2. The molecule has 0 unspecified atom stereocenters. The van der Waals surface area contributed by atoms with Gasteiger partial charge in [0.25, 0.3) is 0 Å². The molecule has 0 bridgehead atoms. The van der Waals surface area contributed by atoms with E-state index in [2.05, 4.69) is 62.8 Å². The van der Waals surface area contributed by atoms with Gasteiger partial charge in [-0.2, -0.15) is 0 Å². The lowest BCUT2D eigenvalue weighted by molar-refractivity contribution is 0.0527. The molecule has 2 aliphatic rings. The van der Waals surface area contributed by atoms with E-state index in [4.69, 9.17) is 9.47 Å². The molecule has 0 saturated heterocycles. The van der Waals surface area contributed by atoms with Gasteiger partial charge in [-0.1, -0.05) is 50.3 Å². The van der Waals surface area contributed by atoms with Crippen LogP contribution in [0, 0.1) is 0 Å². The number of rotatable bonds is 6. The molecule has 1 aromatic heterocycles. The van der Waals surface area contributed by atoms with Gasteiger partial charge in [-0.3, -0.25) is 4.90 Å². The molecule has 2 heterocycles. The summed E-state index contributed by atoms with van der Waals surface area (Å²) >= 11 is 5.59. The van der Waals surface area contributed by atoms with Gasteiger partial charge in [0.2, 0.25) is 0 Å². The summed E-state index contributed by atoms with van der Waals surface area (Å²) in [5.41, 5.74) is 4.00. The van der Waals surface area contributed by atoms with Gasteiger partial charge in [-0.15, -0.1) is 11.8 Å². The summed E-state index contributed by atoms with van der Waals surface area (Å²) in [6.45, 7) is 3.51. The highest BCUT2D eigenvalue weighted by Gasteiger charge is 2.32. The van der Waals surface area contributed by atoms with Crippen molar-refractivity contribution >= 4 is 44.6 Å². The van der Waals surface area contributed by atoms with Crippen LogP contribution in [0.1, 0.15) is 79.5 Å². The predicted molar refractivity (Wildman–Crippen MR) is 150 cm³/mol. The molecule has 0 radical (unpaired) electrons. The zero-order valence-corrected chi connectivity index (χ0v) is 23.6. The van der Waals surface area contributed by atoms with Gasteiger partial charge >= 0.3 is 5.97 Å². The van der Waals surface area contributed by atoms with Gasteiger partial charge in [0.05, 0.1) is 22.2 Å². The van der Waals surface area contributed by atoms with Crippen molar-refractivity contribution in [2.45, 2.75) is 75.1 Å². The van der Waals surface area contributed by atoms with Crippen LogP contribution in [-0.2, 0) is 17.0 Å². The number of halogens is 1. The molecule has 36 heavy (non-hydrogen) atoms. The highest BCUT2D eigenvalue weighted by atomic mass is 79.9. The van der Waals surface area contributed by atoms with Crippen molar-refractivity contribution in [1.29, 1.82) is 0 Å². The van der Waals surface area contributed by atoms with Crippen molar-refractivity contribution in [2.75, 3.05) is 20.4 Å². The first-order valence-electron chi connectivity index (χ1n) is 13.1. The molecule has 3 aromatic rings. The molecule has 1 aliphatic carbocycles. The third-order valence-corrected chi connectivity index (χ3v) is 8.91. The van der Waals surface area contributed by atoms with E-state index < -0.39 is 0 Å². The fourth-order valence-electron chi connectivity index (χ4n) is 5.69. The molecule has 1 aliphatic heterocycles. The molecular formula is C29H35BrN2O3S. The summed E-state index contributed by atoms with van der Waals surface area (Å²) in [6, 6.07) is 13.0. The van der Waals surface area contributed by atoms with E-state index >= 15 is 0 Å². The molecular weight excluding hydrogens is 536 g/mol. The number of carbonyl (C=O) groups excluding carboxylic acids is 1. The summed E-state index contributed by atoms with van der Waals surface area (Å²) in [6.07, 6.45) is 8.62. The molecule has 1 saturated carbocycles. The number of nitrogens with zero attached hydrogens (tertiary/aromatic N) is 2. The van der Waals surface area contributed by atoms with Gasteiger partial charge in [0, 0.05) is 39.9 Å². The average molecular weight is 572 g/mol. The number of hydrogen-bond acceptors (Lipinski definition) is 5. The Morgan fingerprint density at radius 3 is 2.58 bits per heavy atom. The Morgan fingerprint density at radius 1 is 1.14 bits per heavy atom. The van der Waals surface area contributed by atoms with Gasteiger partial charge in [-0.05, 0) is 60.9 Å². The molecule has 0 atom stereocenters. The minimum absolute atomic E-state index is 0.228. The highest BCUT2D eigenvalue weighted by Crippen LogP contribution is 2.45. The van der Waals surface area contributed by atoms with Crippen molar-refractivity contribution in [3.8, 4) is 5.75 Å². The van der Waals surface area contributed by atoms with Crippen LogP contribution in [0.3, 0.4) is 0 Å². The lowest BCUT2D eigenvalue weighted by Crippen LogP contribution is -2.28. The third-order valence-electron chi connectivity index (χ3n) is 7.30. The number of benzene rings is 2. The molecule has 0 amide bonds. The zero-order chi connectivity index (χ0) is 25.1. The number of ether oxygens (including phenoxy) is 2. The number of thioether (sulfide) groups is 1. The van der Waals surface area contributed by atoms with Gasteiger partial charge < -0.3 is 14.0 Å². The van der Waals surface area contributed by atoms with Crippen LogP contribution in [0.5, 0.6) is 5.75 Å².